The fourth-order valence-electron chi connectivity index (χ4n) is 7.02. The van der Waals surface area contributed by atoms with E-state index in [0.29, 0.717) is 48.2 Å². The van der Waals surface area contributed by atoms with E-state index in [9.17, 15) is 15.2 Å². The van der Waals surface area contributed by atoms with Gasteiger partial charge in [-0.25, -0.2) is 0 Å². The molecule has 1 atom stereocenters. The average Bonchev–Trinajstić information content (AvgIpc) is 3.60. The van der Waals surface area contributed by atoms with Crippen LogP contribution in [0.3, 0.4) is 0 Å². The van der Waals surface area contributed by atoms with Gasteiger partial charge in [0.1, 0.15) is 30.8 Å². The number of carbonyl (C=O) groups is 1. The number of hydrogen-bond acceptors (Lipinski definition) is 8. The lowest BCUT2D eigenvalue weighted by atomic mass is 9.89. The first-order valence-corrected chi connectivity index (χ1v) is 19.1. The maximum absolute atomic E-state index is 10.7. The van der Waals surface area contributed by atoms with Crippen molar-refractivity contribution in [3.05, 3.63) is 135 Å². The van der Waals surface area contributed by atoms with Crippen LogP contribution in [0.1, 0.15) is 64.6 Å². The van der Waals surface area contributed by atoms with Crippen molar-refractivity contribution >= 4 is 17.6 Å². The molecule has 0 amide bonds. The molecule has 1 aliphatic heterocycles. The molecular formula is C45H47ClN4O5. The summed E-state index contributed by atoms with van der Waals surface area (Å²) < 4.78 is 12.7. The van der Waals surface area contributed by atoms with Gasteiger partial charge in [-0.1, -0.05) is 72.3 Å². The van der Waals surface area contributed by atoms with E-state index in [1.54, 1.807) is 12.3 Å². The van der Waals surface area contributed by atoms with Gasteiger partial charge in [0.15, 0.2) is 0 Å². The smallest absolute Gasteiger partial charge is 0.303 e. The third kappa shape index (κ3) is 10.5. The lowest BCUT2D eigenvalue weighted by Crippen LogP contribution is -2.22. The predicted molar refractivity (Wildman–Crippen MR) is 215 cm³/mol. The van der Waals surface area contributed by atoms with Gasteiger partial charge < -0.3 is 25.0 Å². The number of hydrogen-bond donors (Lipinski definition) is 3. The van der Waals surface area contributed by atoms with Gasteiger partial charge in [0.2, 0.25) is 0 Å². The molecule has 1 saturated heterocycles. The molecule has 1 aromatic heterocycles. The summed E-state index contributed by atoms with van der Waals surface area (Å²) in [5, 5.41) is 32.1. The molecule has 3 N–H and O–H groups in total. The fraction of sp³-hybridized carbons (Fsp3) is 0.311. The third-order valence-corrected chi connectivity index (χ3v) is 10.4. The minimum Gasteiger partial charge on any atom is -0.488 e. The number of nitrogens with one attached hydrogen (secondary N) is 1. The standard InChI is InChI=1S/C45H47ClN4O5/c1-30-36(7-5-9-40(30)41-10-6-8-39(31(41)2)35-14-12-32(13-15-35)23-48-17-4-3-11-45(52)53)29-55-44-21-43(54-28-34-19-33(22-47)24-49-25-34)37(20-42(44)46)26-50-18-16-38(51)27-50/h5-10,12-15,19-21,24-25,38,48,51H,3-4,11,16-18,23,26-29H2,1-2H3,(H,52,53). The highest BCUT2D eigenvalue weighted by Gasteiger charge is 2.23. The molecular weight excluding hydrogens is 712 g/mol. The van der Waals surface area contributed by atoms with Crippen LogP contribution in [-0.2, 0) is 31.1 Å². The van der Waals surface area contributed by atoms with Crippen molar-refractivity contribution in [2.45, 2.75) is 71.9 Å². The van der Waals surface area contributed by atoms with Crippen molar-refractivity contribution in [3.8, 4) is 39.8 Å². The fourth-order valence-corrected chi connectivity index (χ4v) is 7.26. The first kappa shape index (κ1) is 39.5. The lowest BCUT2D eigenvalue weighted by molar-refractivity contribution is -0.137. The highest BCUT2D eigenvalue weighted by molar-refractivity contribution is 6.32. The maximum atomic E-state index is 10.7. The molecule has 1 aliphatic rings. The molecule has 9 nitrogen and oxygen atoms in total. The van der Waals surface area contributed by atoms with Crippen LogP contribution >= 0.6 is 11.6 Å². The van der Waals surface area contributed by atoms with E-state index in [-0.39, 0.29) is 19.1 Å². The van der Waals surface area contributed by atoms with Gasteiger partial charge in [-0.15, -0.1) is 0 Å². The van der Waals surface area contributed by atoms with Crippen LogP contribution < -0.4 is 14.8 Å². The molecule has 2 heterocycles. The first-order valence-electron chi connectivity index (χ1n) is 18.7. The van der Waals surface area contributed by atoms with Crippen LogP contribution in [0, 0.1) is 25.2 Å². The molecule has 0 bridgehead atoms. The molecule has 284 valence electrons. The van der Waals surface area contributed by atoms with Gasteiger partial charge in [0, 0.05) is 62.2 Å². The number of aliphatic carboxylic acids is 1. The number of β-amino-alcohol motifs (C(OH)–C–C–N with tert-alkyl or cyclic N) is 1. The van der Waals surface area contributed by atoms with E-state index in [0.717, 1.165) is 71.4 Å². The summed E-state index contributed by atoms with van der Waals surface area (Å²) in [6.45, 7) is 8.28. The summed E-state index contributed by atoms with van der Waals surface area (Å²) in [6.07, 6.45) is 5.32. The average molecular weight is 759 g/mol. The number of unbranched alkanes of at least 4 members (excludes halogenated alkanes) is 1. The van der Waals surface area contributed by atoms with Crippen molar-refractivity contribution in [2.75, 3.05) is 19.6 Å². The van der Waals surface area contributed by atoms with Gasteiger partial charge in [-0.05, 0) is 96.3 Å². The molecule has 0 saturated carbocycles. The van der Waals surface area contributed by atoms with Crippen LogP contribution in [-0.4, -0.2) is 51.8 Å². The Labute approximate surface area is 328 Å². The number of benzene rings is 4. The van der Waals surface area contributed by atoms with Crippen LogP contribution in [0.2, 0.25) is 5.02 Å². The zero-order chi connectivity index (χ0) is 38.7. The minimum atomic E-state index is -0.747. The number of likely N-dealkylation sites (tertiary alicyclic amines) is 1. The van der Waals surface area contributed by atoms with Crippen LogP contribution in [0.4, 0.5) is 0 Å². The van der Waals surface area contributed by atoms with Crippen LogP contribution in [0.15, 0.2) is 91.3 Å². The molecule has 5 aromatic rings. The largest absolute Gasteiger partial charge is 0.488 e. The number of aliphatic hydroxyl groups is 1. The summed E-state index contributed by atoms with van der Waals surface area (Å²) in [4.78, 5) is 17.1. The number of pyridine rings is 1. The molecule has 55 heavy (non-hydrogen) atoms. The van der Waals surface area contributed by atoms with E-state index in [4.69, 9.17) is 26.2 Å². The van der Waals surface area contributed by atoms with Crippen LogP contribution in [0.5, 0.6) is 11.5 Å². The number of aliphatic hydroxyl groups excluding tert-OH is 1. The second-order valence-electron chi connectivity index (χ2n) is 14.1. The molecule has 0 radical (unpaired) electrons. The summed E-state index contributed by atoms with van der Waals surface area (Å²) in [7, 11) is 0. The Morgan fingerprint density at radius 1 is 0.909 bits per heavy atom. The normalized spacial score (nSPS) is 14.1. The number of halogens is 1. The number of carboxylic acids is 1. The molecule has 10 heteroatoms. The predicted octanol–water partition coefficient (Wildman–Crippen LogP) is 8.63. The van der Waals surface area contributed by atoms with Gasteiger partial charge in [-0.3, -0.25) is 14.7 Å². The summed E-state index contributed by atoms with van der Waals surface area (Å²) >= 11 is 6.85. The molecule has 1 unspecified atom stereocenters. The Balaban J connectivity index is 1.16. The Kier molecular flexibility index (Phi) is 13.5. The van der Waals surface area contributed by atoms with E-state index in [1.165, 1.54) is 22.9 Å². The van der Waals surface area contributed by atoms with Crippen LogP contribution in [0.25, 0.3) is 22.3 Å². The minimum absolute atomic E-state index is 0.209. The molecule has 0 spiro atoms. The number of nitriles is 1. The molecule has 4 aromatic carbocycles. The first-order chi connectivity index (χ1) is 26.7. The highest BCUT2D eigenvalue weighted by Crippen LogP contribution is 2.37. The van der Waals surface area contributed by atoms with Crippen molar-refractivity contribution in [2.24, 2.45) is 0 Å². The quantitative estimate of drug-likeness (QED) is 0.0799. The Morgan fingerprint density at radius 2 is 1.65 bits per heavy atom. The summed E-state index contributed by atoms with van der Waals surface area (Å²) in [5.41, 5.74) is 11.3. The SMILES string of the molecule is Cc1c(COc2cc(OCc3cncc(C#N)c3)c(CN3CCC(O)C3)cc2Cl)cccc1-c1cccc(-c2ccc(CNCCCCC(=O)O)cc2)c1C. The van der Waals surface area contributed by atoms with Crippen molar-refractivity contribution in [1.29, 1.82) is 5.26 Å². The number of nitrogens with zero attached hydrogens (tertiary/aromatic N) is 3. The zero-order valence-electron chi connectivity index (χ0n) is 31.4. The van der Waals surface area contributed by atoms with E-state index < -0.39 is 5.97 Å². The highest BCUT2D eigenvalue weighted by atomic mass is 35.5. The molecule has 0 aliphatic carbocycles. The Morgan fingerprint density at radius 3 is 2.40 bits per heavy atom. The molecule has 6 rings (SSSR count). The number of ether oxygens (including phenoxy) is 2. The summed E-state index contributed by atoms with van der Waals surface area (Å²) in [5.74, 6) is 0.381. The number of aromatic nitrogens is 1. The summed E-state index contributed by atoms with van der Waals surface area (Å²) in [6, 6.07) is 28.9. The van der Waals surface area contributed by atoms with E-state index in [1.807, 2.05) is 12.1 Å². The second kappa shape index (κ2) is 18.9. The number of carboxylic acid groups (broad SMARTS) is 1. The Bertz CT molecular complexity index is 2150. The topological polar surface area (TPSA) is 128 Å². The van der Waals surface area contributed by atoms with Crippen molar-refractivity contribution in [3.63, 3.8) is 0 Å². The Hall–Kier alpha value is -5.24. The van der Waals surface area contributed by atoms with E-state index in [2.05, 4.69) is 95.8 Å². The van der Waals surface area contributed by atoms with E-state index >= 15 is 0 Å². The molecule has 1 fully saturated rings. The van der Waals surface area contributed by atoms with Crippen molar-refractivity contribution in [1.82, 2.24) is 15.2 Å². The van der Waals surface area contributed by atoms with Crippen molar-refractivity contribution < 1.29 is 24.5 Å². The van der Waals surface area contributed by atoms with Gasteiger partial charge >= 0.3 is 5.97 Å². The zero-order valence-corrected chi connectivity index (χ0v) is 32.1. The number of rotatable bonds is 17. The lowest BCUT2D eigenvalue weighted by Gasteiger charge is -2.20. The maximum Gasteiger partial charge on any atom is 0.303 e. The van der Waals surface area contributed by atoms with Gasteiger partial charge in [0.05, 0.1) is 16.7 Å². The monoisotopic (exact) mass is 758 g/mol. The van der Waals surface area contributed by atoms with Gasteiger partial charge in [0.25, 0.3) is 0 Å². The van der Waals surface area contributed by atoms with Gasteiger partial charge in [-0.2, -0.15) is 5.26 Å². The third-order valence-electron chi connectivity index (χ3n) is 10.1. The second-order valence-corrected chi connectivity index (χ2v) is 14.5.